The van der Waals surface area contributed by atoms with E-state index in [4.69, 9.17) is 0 Å². The summed E-state index contributed by atoms with van der Waals surface area (Å²) in [5.41, 5.74) is 1.37. The average Bonchev–Trinajstić information content (AvgIpc) is 2.34. The third-order valence-electron chi connectivity index (χ3n) is 1.90. The van der Waals surface area contributed by atoms with Gasteiger partial charge in [-0.05, 0) is 0 Å². The van der Waals surface area contributed by atoms with Gasteiger partial charge in [-0.25, -0.2) is 0 Å². The first-order chi connectivity index (χ1) is 4.88. The van der Waals surface area contributed by atoms with E-state index in [1.54, 1.807) is 0 Å². The first kappa shape index (κ1) is 15.1. The number of aryl methyl sites for hydroxylation is 1. The Morgan fingerprint density at radius 1 is 1.00 bits per heavy atom. The summed E-state index contributed by atoms with van der Waals surface area (Å²) < 4.78 is 0. The number of halogens is 2. The molecule has 0 heterocycles. The van der Waals surface area contributed by atoms with Gasteiger partial charge in [0.1, 0.15) is 0 Å². The summed E-state index contributed by atoms with van der Waals surface area (Å²) in [5, 5.41) is 2.72. The van der Waals surface area contributed by atoms with Crippen LogP contribution >= 0.6 is 0 Å². The Morgan fingerprint density at radius 2 is 1.62 bits per heavy atom. The fraction of sp³-hybridized carbons (Fsp3) is 0.100. The van der Waals surface area contributed by atoms with Gasteiger partial charge in [-0.3, -0.25) is 9.41 Å². The zero-order chi connectivity index (χ0) is 6.97. The van der Waals surface area contributed by atoms with Crippen LogP contribution in [0.25, 0.3) is 10.8 Å². The number of rotatable bonds is 0. The van der Waals surface area contributed by atoms with Gasteiger partial charge >= 0.3 is 0 Å². The standard InChI is InChI=1S/C10H9.2FH.Zr/c1-8-6-7-9-4-2-3-5-10(8)9;;;/h2-7H,1H3;2*1H;/q-1;;;. The fourth-order valence-electron chi connectivity index (χ4n) is 1.31. The van der Waals surface area contributed by atoms with Crippen molar-refractivity contribution in [2.75, 3.05) is 0 Å². The predicted molar refractivity (Wildman–Crippen MR) is 49.3 cm³/mol. The minimum Gasteiger partial charge on any atom is -0.269 e. The second-order valence-electron chi connectivity index (χ2n) is 2.60. The first-order valence-electron chi connectivity index (χ1n) is 3.49. The molecule has 0 unspecified atom stereocenters. The molecule has 0 N–H and O–H groups in total. The Kier molecular flexibility index (Phi) is 7.06. The van der Waals surface area contributed by atoms with Crippen LogP contribution in [0.3, 0.4) is 0 Å². The summed E-state index contributed by atoms with van der Waals surface area (Å²) in [6, 6.07) is 12.8. The topological polar surface area (TPSA) is 0 Å². The number of hydrogen-bond acceptors (Lipinski definition) is 0. The molecule has 0 nitrogen and oxygen atoms in total. The van der Waals surface area contributed by atoms with E-state index in [1.165, 1.54) is 16.3 Å². The molecule has 2 rings (SSSR count). The van der Waals surface area contributed by atoms with Crippen molar-refractivity contribution in [2.45, 2.75) is 6.92 Å². The van der Waals surface area contributed by atoms with Gasteiger partial charge in [-0.15, -0.1) is 34.5 Å². The third-order valence-corrected chi connectivity index (χ3v) is 1.90. The Balaban J connectivity index is 0. The van der Waals surface area contributed by atoms with Crippen molar-refractivity contribution in [3.8, 4) is 0 Å². The summed E-state index contributed by atoms with van der Waals surface area (Å²) in [7, 11) is 0. The van der Waals surface area contributed by atoms with Gasteiger partial charge in [0.05, 0.1) is 0 Å². The zero-order valence-corrected chi connectivity index (χ0v) is 9.74. The van der Waals surface area contributed by atoms with E-state index in [-0.39, 0.29) is 35.6 Å². The predicted octanol–water partition coefficient (Wildman–Crippen LogP) is 3.17. The molecule has 2 aromatic rings. The maximum Gasteiger partial charge on any atom is 0 e. The molecule has 0 aliphatic rings. The van der Waals surface area contributed by atoms with Gasteiger partial charge in [0, 0.05) is 26.2 Å². The normalized spacial score (nSPS) is 8.08. The molecule has 0 saturated carbocycles. The summed E-state index contributed by atoms with van der Waals surface area (Å²) in [5.74, 6) is 0. The van der Waals surface area contributed by atoms with E-state index in [0.717, 1.165) is 0 Å². The molecule has 0 aliphatic carbocycles. The number of benzene rings is 1. The molecule has 0 fully saturated rings. The van der Waals surface area contributed by atoms with Crippen molar-refractivity contribution in [3.05, 3.63) is 42.0 Å². The van der Waals surface area contributed by atoms with Gasteiger partial charge in [-0.2, -0.15) is 12.1 Å². The van der Waals surface area contributed by atoms with Gasteiger partial charge in [0.15, 0.2) is 0 Å². The van der Waals surface area contributed by atoms with E-state index in [1.807, 2.05) is 0 Å². The summed E-state index contributed by atoms with van der Waals surface area (Å²) >= 11 is 0. The summed E-state index contributed by atoms with van der Waals surface area (Å²) in [6.07, 6.45) is 0. The Hall–Kier alpha value is -0.427. The van der Waals surface area contributed by atoms with Crippen molar-refractivity contribution in [3.63, 3.8) is 0 Å². The van der Waals surface area contributed by atoms with Gasteiger partial charge in [0.25, 0.3) is 0 Å². The second-order valence-corrected chi connectivity index (χ2v) is 2.60. The zero-order valence-electron chi connectivity index (χ0n) is 7.28. The van der Waals surface area contributed by atoms with Crippen LogP contribution in [0.5, 0.6) is 0 Å². The molecule has 70 valence electrons. The van der Waals surface area contributed by atoms with Crippen molar-refractivity contribution in [1.82, 2.24) is 0 Å². The van der Waals surface area contributed by atoms with Gasteiger partial charge in [0.2, 0.25) is 0 Å². The van der Waals surface area contributed by atoms with Crippen molar-refractivity contribution in [2.24, 2.45) is 0 Å². The van der Waals surface area contributed by atoms with Crippen molar-refractivity contribution >= 4 is 10.8 Å². The van der Waals surface area contributed by atoms with E-state index in [2.05, 4.69) is 43.3 Å². The minimum atomic E-state index is 0. The molecule has 0 saturated heterocycles. The average molecular weight is 260 g/mol. The number of hydrogen-bond donors (Lipinski definition) is 0. The Bertz CT molecular complexity index is 354. The summed E-state index contributed by atoms with van der Waals surface area (Å²) in [4.78, 5) is 0. The van der Waals surface area contributed by atoms with Crippen LogP contribution in [0.15, 0.2) is 36.4 Å². The van der Waals surface area contributed by atoms with Gasteiger partial charge < -0.3 is 0 Å². The largest absolute Gasteiger partial charge is 0.269 e. The molecule has 2 aromatic carbocycles. The molecule has 13 heavy (non-hydrogen) atoms. The molecule has 0 amide bonds. The molecule has 0 radical (unpaired) electrons. The Labute approximate surface area is 95.2 Å². The first-order valence-corrected chi connectivity index (χ1v) is 3.49. The molecule has 0 bridgehead atoms. The minimum absolute atomic E-state index is 0. The third kappa shape index (κ3) is 2.77. The van der Waals surface area contributed by atoms with Crippen LogP contribution in [0.4, 0.5) is 9.41 Å². The fourth-order valence-corrected chi connectivity index (χ4v) is 1.31. The molecular weight excluding hydrogens is 249 g/mol. The molecule has 3 heteroatoms. The van der Waals surface area contributed by atoms with Crippen LogP contribution in [-0.4, -0.2) is 0 Å². The molecular formula is C10H11F2Zr-. The van der Waals surface area contributed by atoms with E-state index in [0.29, 0.717) is 0 Å². The molecule has 0 atom stereocenters. The van der Waals surface area contributed by atoms with Crippen LogP contribution in [-0.2, 0) is 26.2 Å². The van der Waals surface area contributed by atoms with E-state index < -0.39 is 0 Å². The van der Waals surface area contributed by atoms with Crippen LogP contribution in [0.2, 0.25) is 0 Å². The SMILES string of the molecule is C[c-]1ccc2ccccc21.F.F.[Zr]. The molecule has 0 aliphatic heterocycles. The van der Waals surface area contributed by atoms with Crippen LogP contribution in [0, 0.1) is 6.92 Å². The maximum absolute atomic E-state index is 2.16. The van der Waals surface area contributed by atoms with E-state index in [9.17, 15) is 0 Å². The Morgan fingerprint density at radius 3 is 2.23 bits per heavy atom. The number of fused-ring (bicyclic) bond motifs is 1. The van der Waals surface area contributed by atoms with E-state index >= 15 is 0 Å². The smallest absolute Gasteiger partial charge is 0 e. The van der Waals surface area contributed by atoms with Crippen molar-refractivity contribution in [1.29, 1.82) is 0 Å². The van der Waals surface area contributed by atoms with Crippen LogP contribution in [0.1, 0.15) is 5.56 Å². The van der Waals surface area contributed by atoms with Crippen molar-refractivity contribution < 1.29 is 35.6 Å². The quantitative estimate of drug-likeness (QED) is 0.638. The van der Waals surface area contributed by atoms with Crippen LogP contribution < -0.4 is 0 Å². The second kappa shape index (κ2) is 6.09. The molecule has 0 aromatic heterocycles. The van der Waals surface area contributed by atoms with Gasteiger partial charge in [-0.1, -0.05) is 13.0 Å². The molecule has 0 spiro atoms. The monoisotopic (exact) mass is 259 g/mol. The summed E-state index contributed by atoms with van der Waals surface area (Å²) in [6.45, 7) is 2.14. The maximum atomic E-state index is 2.16.